The summed E-state index contributed by atoms with van der Waals surface area (Å²) in [5, 5.41) is 0. The monoisotopic (exact) mass is 191 g/mol. The third kappa shape index (κ3) is 2.89. The molecular formula is C12H17NO. The third-order valence-corrected chi connectivity index (χ3v) is 1.95. The second-order valence-electron chi connectivity index (χ2n) is 3.10. The Morgan fingerprint density at radius 2 is 2.21 bits per heavy atom. The smallest absolute Gasteiger partial charge is 0.122 e. The lowest BCUT2D eigenvalue weighted by Crippen LogP contribution is -1.94. The summed E-state index contributed by atoms with van der Waals surface area (Å²) in [5.74, 6) is 0.956. The number of nitrogens with two attached hydrogens (primary N) is 1. The van der Waals surface area contributed by atoms with E-state index in [1.165, 1.54) is 0 Å². The molecule has 0 aromatic heterocycles. The van der Waals surface area contributed by atoms with Crippen LogP contribution in [0.15, 0.2) is 24.3 Å². The van der Waals surface area contributed by atoms with Crippen molar-refractivity contribution >= 4 is 6.08 Å². The zero-order valence-corrected chi connectivity index (χ0v) is 8.79. The van der Waals surface area contributed by atoms with Gasteiger partial charge in [0.1, 0.15) is 5.75 Å². The van der Waals surface area contributed by atoms with Crippen molar-refractivity contribution in [2.45, 2.75) is 13.8 Å². The molecule has 14 heavy (non-hydrogen) atoms. The summed E-state index contributed by atoms with van der Waals surface area (Å²) in [4.78, 5) is 0. The molecule has 0 fully saturated rings. The van der Waals surface area contributed by atoms with Crippen LogP contribution in [0, 0.1) is 6.92 Å². The Morgan fingerprint density at radius 1 is 1.43 bits per heavy atom. The van der Waals surface area contributed by atoms with Gasteiger partial charge in [0, 0.05) is 6.54 Å². The summed E-state index contributed by atoms with van der Waals surface area (Å²) in [5.41, 5.74) is 7.70. The molecule has 1 aromatic rings. The van der Waals surface area contributed by atoms with Gasteiger partial charge in [-0.15, -0.1) is 0 Å². The number of hydrogen-bond acceptors (Lipinski definition) is 2. The highest BCUT2D eigenvalue weighted by Crippen LogP contribution is 2.19. The Hall–Kier alpha value is -1.28. The van der Waals surface area contributed by atoms with Gasteiger partial charge in [-0.3, -0.25) is 0 Å². The van der Waals surface area contributed by atoms with Gasteiger partial charge in [-0.05, 0) is 37.1 Å². The first-order valence-electron chi connectivity index (χ1n) is 4.88. The van der Waals surface area contributed by atoms with Crippen molar-refractivity contribution in [2.75, 3.05) is 13.2 Å². The fraction of sp³-hybridized carbons (Fsp3) is 0.333. The SMILES string of the molecule is CCOc1ccc(/C=C/CN)cc1C. The van der Waals surface area contributed by atoms with Gasteiger partial charge < -0.3 is 10.5 Å². The van der Waals surface area contributed by atoms with Crippen molar-refractivity contribution in [2.24, 2.45) is 5.73 Å². The van der Waals surface area contributed by atoms with Gasteiger partial charge in [-0.2, -0.15) is 0 Å². The highest BCUT2D eigenvalue weighted by atomic mass is 16.5. The van der Waals surface area contributed by atoms with Gasteiger partial charge in [0.05, 0.1) is 6.61 Å². The average Bonchev–Trinajstić information content (AvgIpc) is 2.19. The van der Waals surface area contributed by atoms with Crippen molar-refractivity contribution < 1.29 is 4.74 Å². The molecule has 1 aromatic carbocycles. The highest BCUT2D eigenvalue weighted by molar-refractivity contribution is 5.53. The fourth-order valence-corrected chi connectivity index (χ4v) is 1.30. The maximum absolute atomic E-state index is 5.45. The molecule has 0 bridgehead atoms. The van der Waals surface area contributed by atoms with E-state index >= 15 is 0 Å². The first-order valence-corrected chi connectivity index (χ1v) is 4.88. The van der Waals surface area contributed by atoms with E-state index in [0.717, 1.165) is 16.9 Å². The van der Waals surface area contributed by atoms with E-state index in [9.17, 15) is 0 Å². The molecule has 2 heteroatoms. The summed E-state index contributed by atoms with van der Waals surface area (Å²) in [6.45, 7) is 5.32. The minimum atomic E-state index is 0.576. The predicted molar refractivity (Wildman–Crippen MR) is 60.4 cm³/mol. The molecule has 76 valence electrons. The maximum Gasteiger partial charge on any atom is 0.122 e. The van der Waals surface area contributed by atoms with Crippen molar-refractivity contribution in [3.63, 3.8) is 0 Å². The summed E-state index contributed by atoms with van der Waals surface area (Å²) >= 11 is 0. The van der Waals surface area contributed by atoms with Crippen LogP contribution in [-0.4, -0.2) is 13.2 Å². The number of hydrogen-bond donors (Lipinski definition) is 1. The second kappa shape index (κ2) is 5.45. The zero-order chi connectivity index (χ0) is 10.4. The van der Waals surface area contributed by atoms with E-state index in [-0.39, 0.29) is 0 Å². The molecule has 0 atom stereocenters. The zero-order valence-electron chi connectivity index (χ0n) is 8.79. The van der Waals surface area contributed by atoms with E-state index in [4.69, 9.17) is 10.5 Å². The van der Waals surface area contributed by atoms with Gasteiger partial charge >= 0.3 is 0 Å². The van der Waals surface area contributed by atoms with E-state index < -0.39 is 0 Å². The molecule has 0 saturated carbocycles. The summed E-state index contributed by atoms with van der Waals surface area (Å²) in [6.07, 6.45) is 3.96. The lowest BCUT2D eigenvalue weighted by atomic mass is 10.1. The van der Waals surface area contributed by atoms with E-state index in [1.807, 2.05) is 38.1 Å². The minimum absolute atomic E-state index is 0.576. The van der Waals surface area contributed by atoms with Crippen LogP contribution in [0.5, 0.6) is 5.75 Å². The largest absolute Gasteiger partial charge is 0.494 e. The van der Waals surface area contributed by atoms with Crippen LogP contribution < -0.4 is 10.5 Å². The topological polar surface area (TPSA) is 35.2 Å². The van der Waals surface area contributed by atoms with Crippen molar-refractivity contribution in [1.29, 1.82) is 0 Å². The molecule has 1 rings (SSSR count). The van der Waals surface area contributed by atoms with Gasteiger partial charge in [-0.25, -0.2) is 0 Å². The molecule has 0 aliphatic carbocycles. The molecule has 2 N–H and O–H groups in total. The van der Waals surface area contributed by atoms with Crippen molar-refractivity contribution in [1.82, 2.24) is 0 Å². The van der Waals surface area contributed by atoms with Crippen LogP contribution in [0.2, 0.25) is 0 Å². The number of aryl methyl sites for hydroxylation is 1. The Morgan fingerprint density at radius 3 is 2.79 bits per heavy atom. The first-order chi connectivity index (χ1) is 6.77. The van der Waals surface area contributed by atoms with Crippen LogP contribution >= 0.6 is 0 Å². The number of benzene rings is 1. The van der Waals surface area contributed by atoms with E-state index in [1.54, 1.807) is 0 Å². The Labute approximate surface area is 85.4 Å². The van der Waals surface area contributed by atoms with Gasteiger partial charge in [0.25, 0.3) is 0 Å². The van der Waals surface area contributed by atoms with Crippen molar-refractivity contribution in [3.8, 4) is 5.75 Å². The van der Waals surface area contributed by atoms with Crippen LogP contribution in [-0.2, 0) is 0 Å². The van der Waals surface area contributed by atoms with Crippen LogP contribution in [0.25, 0.3) is 6.08 Å². The molecule has 0 spiro atoms. The van der Waals surface area contributed by atoms with E-state index in [0.29, 0.717) is 13.2 Å². The standard InChI is InChI=1S/C12H17NO/c1-3-14-12-7-6-11(5-4-8-13)9-10(12)2/h4-7,9H,3,8,13H2,1-2H3/b5-4+. The number of rotatable bonds is 4. The Kier molecular flexibility index (Phi) is 4.20. The van der Waals surface area contributed by atoms with Crippen LogP contribution in [0.3, 0.4) is 0 Å². The quantitative estimate of drug-likeness (QED) is 0.793. The minimum Gasteiger partial charge on any atom is -0.494 e. The van der Waals surface area contributed by atoms with Crippen molar-refractivity contribution in [3.05, 3.63) is 35.4 Å². The van der Waals surface area contributed by atoms with Gasteiger partial charge in [-0.1, -0.05) is 18.2 Å². The van der Waals surface area contributed by atoms with E-state index in [2.05, 4.69) is 6.07 Å². The molecule has 0 amide bonds. The third-order valence-electron chi connectivity index (χ3n) is 1.95. The molecule has 0 aliphatic heterocycles. The average molecular weight is 191 g/mol. The molecule has 2 nitrogen and oxygen atoms in total. The Balaban J connectivity index is 2.83. The summed E-state index contributed by atoms with van der Waals surface area (Å²) in [6, 6.07) is 6.12. The number of ether oxygens (including phenoxy) is 1. The molecule has 0 saturated heterocycles. The predicted octanol–water partition coefficient (Wildman–Crippen LogP) is 2.37. The van der Waals surface area contributed by atoms with Gasteiger partial charge in [0.2, 0.25) is 0 Å². The van der Waals surface area contributed by atoms with Crippen LogP contribution in [0.4, 0.5) is 0 Å². The van der Waals surface area contributed by atoms with Crippen LogP contribution in [0.1, 0.15) is 18.1 Å². The summed E-state index contributed by atoms with van der Waals surface area (Å²) < 4.78 is 5.45. The second-order valence-corrected chi connectivity index (χ2v) is 3.10. The molecule has 0 unspecified atom stereocenters. The molecular weight excluding hydrogens is 174 g/mol. The highest BCUT2D eigenvalue weighted by Gasteiger charge is 1.97. The Bertz CT molecular complexity index is 318. The first kappa shape index (κ1) is 10.8. The maximum atomic E-state index is 5.45. The lowest BCUT2D eigenvalue weighted by Gasteiger charge is -2.07. The molecule has 0 heterocycles. The molecule has 0 aliphatic rings. The fourth-order valence-electron chi connectivity index (χ4n) is 1.30. The molecule has 0 radical (unpaired) electrons. The lowest BCUT2D eigenvalue weighted by molar-refractivity contribution is 0.338. The summed E-state index contributed by atoms with van der Waals surface area (Å²) in [7, 11) is 0. The van der Waals surface area contributed by atoms with Gasteiger partial charge in [0.15, 0.2) is 0 Å². The normalized spacial score (nSPS) is 10.8.